The molecule has 0 radical (unpaired) electrons. The highest BCUT2D eigenvalue weighted by Gasteiger charge is 2.39. The number of benzene rings is 6. The van der Waals surface area contributed by atoms with Gasteiger partial charge in [-0.1, -0.05) is 159 Å². The summed E-state index contributed by atoms with van der Waals surface area (Å²) in [5.41, 5.74) is 12.3. The molecule has 7 nitrogen and oxygen atoms in total. The summed E-state index contributed by atoms with van der Waals surface area (Å²) in [4.78, 5) is 10.1. The predicted molar refractivity (Wildman–Crippen MR) is 264 cm³/mol. The summed E-state index contributed by atoms with van der Waals surface area (Å²) in [7, 11) is 0. The van der Waals surface area contributed by atoms with Gasteiger partial charge in [0.25, 0.3) is 0 Å². The second kappa shape index (κ2) is 15.0. The van der Waals surface area contributed by atoms with Crippen LogP contribution in [0.2, 0.25) is 0 Å². The van der Waals surface area contributed by atoms with E-state index in [1.807, 2.05) is 48.8 Å². The van der Waals surface area contributed by atoms with Gasteiger partial charge >= 0.3 is 0 Å². The van der Waals surface area contributed by atoms with Gasteiger partial charge in [-0.05, 0) is 47.5 Å². The maximum absolute atomic E-state index is 9.48. The molecule has 2 aliphatic heterocycles. The van der Waals surface area contributed by atoms with Gasteiger partial charge in [-0.3, -0.25) is 9.98 Å². The maximum atomic E-state index is 9.48. The van der Waals surface area contributed by atoms with Crippen LogP contribution in [0.4, 0.5) is 0 Å². The number of aliphatic imine (C=N–C) groups is 2. The Hall–Kier alpha value is -8.29. The van der Waals surface area contributed by atoms with Crippen molar-refractivity contribution in [3.63, 3.8) is 0 Å². The lowest BCUT2D eigenvalue weighted by Gasteiger charge is -2.22. The number of hydrogen-bond acceptors (Lipinski definition) is 3. The molecular weight excluding hydrogens is 787 g/mol. The van der Waals surface area contributed by atoms with Crippen LogP contribution < -0.4 is 9.47 Å². The Morgan fingerprint density at radius 1 is 0.734 bits per heavy atom. The van der Waals surface area contributed by atoms with E-state index in [1.54, 1.807) is 12.2 Å². The van der Waals surface area contributed by atoms with Crippen molar-refractivity contribution in [2.24, 2.45) is 9.98 Å². The summed E-state index contributed by atoms with van der Waals surface area (Å²) in [5.74, 6) is 2.02. The number of ether oxygens (including phenoxy) is 2. The Morgan fingerprint density at radius 3 is 2.30 bits per heavy atom. The van der Waals surface area contributed by atoms with Crippen molar-refractivity contribution in [3.05, 3.63) is 217 Å². The zero-order valence-corrected chi connectivity index (χ0v) is 34.9. The van der Waals surface area contributed by atoms with Gasteiger partial charge in [-0.15, -0.1) is 0 Å². The summed E-state index contributed by atoms with van der Waals surface area (Å²) in [5, 5.41) is 13.9. The molecule has 0 saturated carbocycles. The zero-order valence-electron chi connectivity index (χ0n) is 34.9. The van der Waals surface area contributed by atoms with Gasteiger partial charge in [0.15, 0.2) is 11.7 Å². The number of fused-ring (bicyclic) bond motifs is 13. The minimum Gasteiger partial charge on any atom is -0.485 e. The van der Waals surface area contributed by atoms with Crippen molar-refractivity contribution in [1.82, 2.24) is 9.13 Å². The molecule has 0 amide bonds. The quantitative estimate of drug-likeness (QED) is 0.0987. The molecular formula is C57H41N5O2. The van der Waals surface area contributed by atoms with Gasteiger partial charge in [-0.25, -0.2) is 9.98 Å². The fourth-order valence-corrected chi connectivity index (χ4v) is 10.2. The van der Waals surface area contributed by atoms with E-state index in [1.165, 1.54) is 5.57 Å². The van der Waals surface area contributed by atoms with E-state index in [0.29, 0.717) is 11.4 Å². The van der Waals surface area contributed by atoms with Crippen LogP contribution in [0.15, 0.2) is 216 Å². The number of amidine groups is 2. The predicted octanol–water partition coefficient (Wildman–Crippen LogP) is 13.3. The molecule has 2 aromatic heterocycles. The highest BCUT2D eigenvalue weighted by Crippen LogP contribution is 2.51. The Balaban J connectivity index is 1.10. The first-order chi connectivity index (χ1) is 31.6. The number of nitrogens with zero attached hydrogens (tertiary/aromatic N) is 4. The Labute approximate surface area is 370 Å². The summed E-state index contributed by atoms with van der Waals surface area (Å²) in [6.07, 6.45) is 18.0. The smallest absolute Gasteiger partial charge is 0.163 e. The SMILES string of the molecule is C=C/C=C(\C=C)C(N=Cn1c2ccccc2c2ccc3c4ccccc4n(C4=C5c6c(cccc6-c6ccccc6)OC5CC=C4)c3c21)=NC(=N)C1=CC=CC2Oc3ccccc3C12. The first kappa shape index (κ1) is 37.5. The van der Waals surface area contributed by atoms with Gasteiger partial charge in [0.05, 0.1) is 33.7 Å². The van der Waals surface area contributed by atoms with Crippen molar-refractivity contribution >= 4 is 72.9 Å². The van der Waals surface area contributed by atoms with Crippen LogP contribution in [-0.2, 0) is 0 Å². The molecule has 0 fully saturated rings. The normalized spacial score (nSPS) is 18.9. The molecule has 0 saturated heterocycles. The second-order valence-electron chi connectivity index (χ2n) is 16.4. The minimum atomic E-state index is -0.214. The van der Waals surface area contributed by atoms with Gasteiger partial charge in [0.1, 0.15) is 30.0 Å². The lowest BCUT2D eigenvalue weighted by molar-refractivity contribution is 0.267. The van der Waals surface area contributed by atoms with Crippen molar-refractivity contribution in [1.29, 1.82) is 5.41 Å². The average molecular weight is 828 g/mol. The third kappa shape index (κ3) is 5.71. The monoisotopic (exact) mass is 827 g/mol. The number of aromatic nitrogens is 2. The summed E-state index contributed by atoms with van der Waals surface area (Å²) < 4.78 is 17.7. The topological polar surface area (TPSA) is 76.9 Å². The summed E-state index contributed by atoms with van der Waals surface area (Å²) >= 11 is 0. The van der Waals surface area contributed by atoms with E-state index in [-0.39, 0.29) is 24.0 Å². The Bertz CT molecular complexity index is 3550. The lowest BCUT2D eigenvalue weighted by atomic mass is 9.84. The van der Waals surface area contributed by atoms with Crippen LogP contribution in [-0.4, -0.2) is 39.4 Å². The van der Waals surface area contributed by atoms with E-state index in [0.717, 1.165) is 95.1 Å². The highest BCUT2D eigenvalue weighted by molar-refractivity contribution is 6.26. The van der Waals surface area contributed by atoms with Crippen molar-refractivity contribution in [2.45, 2.75) is 24.5 Å². The van der Waals surface area contributed by atoms with Crippen LogP contribution in [0.3, 0.4) is 0 Å². The first-order valence-corrected chi connectivity index (χ1v) is 21.6. The minimum absolute atomic E-state index is 0.106. The molecule has 1 N–H and O–H groups in total. The van der Waals surface area contributed by atoms with Crippen LogP contribution in [0.1, 0.15) is 23.5 Å². The molecule has 7 heteroatoms. The van der Waals surface area contributed by atoms with Crippen molar-refractivity contribution in [3.8, 4) is 22.6 Å². The van der Waals surface area contributed by atoms with E-state index in [4.69, 9.17) is 19.5 Å². The second-order valence-corrected chi connectivity index (χ2v) is 16.4. The highest BCUT2D eigenvalue weighted by atomic mass is 16.5. The molecule has 306 valence electrons. The molecule has 8 aromatic rings. The van der Waals surface area contributed by atoms with Crippen LogP contribution >= 0.6 is 0 Å². The molecule has 12 rings (SSSR count). The van der Waals surface area contributed by atoms with E-state index < -0.39 is 0 Å². The van der Waals surface area contributed by atoms with Crippen LogP contribution in [0.25, 0.3) is 66.0 Å². The van der Waals surface area contributed by atoms with Gasteiger partial charge in [-0.2, -0.15) is 0 Å². The number of allylic oxidation sites excluding steroid dienone is 6. The third-order valence-corrected chi connectivity index (χ3v) is 12.9. The molecule has 4 aliphatic rings. The summed E-state index contributed by atoms with van der Waals surface area (Å²) in [6, 6.07) is 46.6. The third-order valence-electron chi connectivity index (χ3n) is 12.9. The van der Waals surface area contributed by atoms with Crippen LogP contribution in [0, 0.1) is 5.41 Å². The fraction of sp³-hybridized carbons (Fsp3) is 0.0702. The van der Waals surface area contributed by atoms with Gasteiger partial charge in [0.2, 0.25) is 0 Å². The first-order valence-electron chi connectivity index (χ1n) is 21.6. The summed E-state index contributed by atoms with van der Waals surface area (Å²) in [6.45, 7) is 8.11. The number of para-hydroxylation sites is 3. The number of rotatable bonds is 7. The standard InChI is InChI=1S/C57H41N5O2/c1-3-17-35(4-2)57(60-56(58)43-24-15-29-48-51(43)42-22-10-13-28-47(42)63-48)59-34-61-44-25-11-8-20-38(44)40-32-33-41-39-21-9-12-26-45(39)62(55(41)54(40)61)46-27-16-31-50-53(46)52-37(23-14-30-49(52)64-50)36-18-6-5-7-19-36/h3-30,32-34,48,50-51,58H,1-2,31H2/b35-17+,58-56?,59-34?,60-57?. The molecule has 2 aliphatic carbocycles. The Morgan fingerprint density at radius 2 is 1.47 bits per heavy atom. The van der Waals surface area contributed by atoms with Crippen molar-refractivity contribution < 1.29 is 9.47 Å². The Kier molecular flexibility index (Phi) is 8.76. The van der Waals surface area contributed by atoms with E-state index >= 15 is 0 Å². The molecule has 3 atom stereocenters. The van der Waals surface area contributed by atoms with Crippen molar-refractivity contribution in [2.75, 3.05) is 0 Å². The van der Waals surface area contributed by atoms with E-state index in [9.17, 15) is 5.41 Å². The average Bonchev–Trinajstić information content (AvgIpc) is 4.10. The zero-order chi connectivity index (χ0) is 42.9. The largest absolute Gasteiger partial charge is 0.485 e. The van der Waals surface area contributed by atoms with Gasteiger partial charge in [0, 0.05) is 55.8 Å². The number of hydrogen-bond donors (Lipinski definition) is 1. The molecule has 4 heterocycles. The molecule has 6 aromatic carbocycles. The molecule has 3 unspecified atom stereocenters. The fourth-order valence-electron chi connectivity index (χ4n) is 10.2. The maximum Gasteiger partial charge on any atom is 0.163 e. The molecule has 0 bridgehead atoms. The molecule has 0 spiro atoms. The lowest BCUT2D eigenvalue weighted by Crippen LogP contribution is -2.23. The van der Waals surface area contributed by atoms with E-state index in [2.05, 4.69) is 150 Å². The number of nitrogens with one attached hydrogen (secondary N) is 1. The van der Waals surface area contributed by atoms with Gasteiger partial charge < -0.3 is 14.0 Å². The van der Waals surface area contributed by atoms with Crippen LogP contribution in [0.5, 0.6) is 11.5 Å². The molecule has 64 heavy (non-hydrogen) atoms.